The minimum Gasteiger partial charge on any atom is -0.480 e. The predicted molar refractivity (Wildman–Crippen MR) is 72.7 cm³/mol. The molecule has 0 radical (unpaired) electrons. The van der Waals surface area contributed by atoms with Gasteiger partial charge in [-0.3, -0.25) is 9.69 Å². The number of rotatable bonds is 4. The first-order valence-electron chi connectivity index (χ1n) is 7.51. The van der Waals surface area contributed by atoms with E-state index in [-0.39, 0.29) is 0 Å². The summed E-state index contributed by atoms with van der Waals surface area (Å²) in [5, 5.41) is 9.50. The van der Waals surface area contributed by atoms with E-state index in [2.05, 4.69) is 11.8 Å². The van der Waals surface area contributed by atoms with E-state index in [9.17, 15) is 9.90 Å². The highest BCUT2D eigenvalue weighted by Gasteiger charge is 2.51. The van der Waals surface area contributed by atoms with Crippen molar-refractivity contribution in [1.29, 1.82) is 0 Å². The Labute approximate surface area is 111 Å². The van der Waals surface area contributed by atoms with Crippen molar-refractivity contribution in [2.24, 2.45) is 5.41 Å². The quantitative estimate of drug-likeness (QED) is 0.836. The Kier molecular flexibility index (Phi) is 4.00. The fraction of sp³-hybridized carbons (Fsp3) is 0.933. The van der Waals surface area contributed by atoms with Gasteiger partial charge in [-0.25, -0.2) is 0 Å². The van der Waals surface area contributed by atoms with Gasteiger partial charge in [0.1, 0.15) is 5.54 Å². The minimum atomic E-state index is -0.646. The van der Waals surface area contributed by atoms with E-state index in [1.165, 1.54) is 38.5 Å². The van der Waals surface area contributed by atoms with Crippen molar-refractivity contribution in [3.63, 3.8) is 0 Å². The molecular formula is C15H27NO2. The summed E-state index contributed by atoms with van der Waals surface area (Å²) in [6.45, 7) is 6.00. The molecule has 104 valence electrons. The molecule has 1 saturated carbocycles. The molecule has 0 aromatic heterocycles. The van der Waals surface area contributed by atoms with E-state index >= 15 is 0 Å². The molecule has 18 heavy (non-hydrogen) atoms. The molecule has 2 aliphatic rings. The zero-order valence-corrected chi connectivity index (χ0v) is 11.9. The molecule has 0 aromatic rings. The largest absolute Gasteiger partial charge is 0.480 e. The third-order valence-corrected chi connectivity index (χ3v) is 5.11. The van der Waals surface area contributed by atoms with Crippen LogP contribution in [0.3, 0.4) is 0 Å². The van der Waals surface area contributed by atoms with E-state index in [4.69, 9.17) is 0 Å². The summed E-state index contributed by atoms with van der Waals surface area (Å²) in [6.07, 6.45) is 9.73. The molecule has 0 aromatic carbocycles. The molecule has 1 aliphatic heterocycles. The van der Waals surface area contributed by atoms with Crippen LogP contribution in [0.2, 0.25) is 0 Å². The molecule has 1 N–H and O–H groups in total. The van der Waals surface area contributed by atoms with Gasteiger partial charge >= 0.3 is 5.97 Å². The summed E-state index contributed by atoms with van der Waals surface area (Å²) in [4.78, 5) is 13.8. The van der Waals surface area contributed by atoms with Crippen molar-refractivity contribution in [3.8, 4) is 0 Å². The molecule has 0 bridgehead atoms. The maximum atomic E-state index is 11.5. The number of hydrogen-bond acceptors (Lipinski definition) is 2. The second-order valence-electron chi connectivity index (χ2n) is 6.60. The summed E-state index contributed by atoms with van der Waals surface area (Å²) >= 11 is 0. The Bertz CT molecular complexity index is 300. The van der Waals surface area contributed by atoms with Crippen LogP contribution in [0.4, 0.5) is 0 Å². The SMILES string of the molecule is CCCC(C)(C(=O)O)N1CC2(CCCCCC2)C1. The van der Waals surface area contributed by atoms with Crippen LogP contribution in [0.15, 0.2) is 0 Å². The second kappa shape index (κ2) is 5.20. The van der Waals surface area contributed by atoms with Crippen LogP contribution < -0.4 is 0 Å². The summed E-state index contributed by atoms with van der Waals surface area (Å²) in [7, 11) is 0. The van der Waals surface area contributed by atoms with Crippen LogP contribution >= 0.6 is 0 Å². The monoisotopic (exact) mass is 253 g/mol. The molecule has 1 saturated heterocycles. The molecule has 2 fully saturated rings. The van der Waals surface area contributed by atoms with E-state index < -0.39 is 11.5 Å². The maximum Gasteiger partial charge on any atom is 0.323 e. The average molecular weight is 253 g/mol. The van der Waals surface area contributed by atoms with Crippen molar-refractivity contribution in [3.05, 3.63) is 0 Å². The van der Waals surface area contributed by atoms with Crippen LogP contribution in [-0.2, 0) is 4.79 Å². The van der Waals surface area contributed by atoms with E-state index in [0.717, 1.165) is 25.9 Å². The van der Waals surface area contributed by atoms with Gasteiger partial charge < -0.3 is 5.11 Å². The van der Waals surface area contributed by atoms with Gasteiger partial charge in [-0.2, -0.15) is 0 Å². The van der Waals surface area contributed by atoms with Crippen molar-refractivity contribution in [1.82, 2.24) is 4.90 Å². The first kappa shape index (κ1) is 13.9. The summed E-state index contributed by atoms with van der Waals surface area (Å²) in [5.41, 5.74) is -0.173. The molecule has 1 unspecified atom stereocenters. The second-order valence-corrected chi connectivity index (χ2v) is 6.60. The Morgan fingerprint density at radius 3 is 2.22 bits per heavy atom. The molecule has 1 aliphatic carbocycles. The van der Waals surface area contributed by atoms with Crippen LogP contribution in [0.5, 0.6) is 0 Å². The third-order valence-electron chi connectivity index (χ3n) is 5.11. The summed E-state index contributed by atoms with van der Waals surface area (Å²) < 4.78 is 0. The van der Waals surface area contributed by atoms with Gasteiger partial charge in [0.05, 0.1) is 0 Å². The highest BCUT2D eigenvalue weighted by atomic mass is 16.4. The number of carboxylic acid groups (broad SMARTS) is 1. The number of carboxylic acids is 1. The summed E-state index contributed by atoms with van der Waals surface area (Å²) in [6, 6.07) is 0. The topological polar surface area (TPSA) is 40.5 Å². The zero-order chi connectivity index (χ0) is 13.2. The smallest absolute Gasteiger partial charge is 0.323 e. The predicted octanol–water partition coefficient (Wildman–Crippen LogP) is 3.29. The fourth-order valence-corrected chi connectivity index (χ4v) is 3.79. The Morgan fingerprint density at radius 2 is 1.78 bits per heavy atom. The highest BCUT2D eigenvalue weighted by molar-refractivity contribution is 5.78. The van der Waals surface area contributed by atoms with Crippen molar-refractivity contribution in [2.45, 2.75) is 70.8 Å². The number of aliphatic carboxylic acids is 1. The first-order valence-corrected chi connectivity index (χ1v) is 7.51. The molecular weight excluding hydrogens is 226 g/mol. The van der Waals surface area contributed by atoms with Gasteiger partial charge in [0.2, 0.25) is 0 Å². The van der Waals surface area contributed by atoms with E-state index in [1.807, 2.05) is 6.92 Å². The molecule has 1 atom stereocenters. The number of carbonyl (C=O) groups is 1. The Morgan fingerprint density at radius 1 is 1.22 bits per heavy atom. The van der Waals surface area contributed by atoms with Crippen LogP contribution in [0.1, 0.15) is 65.2 Å². The lowest BCUT2D eigenvalue weighted by Crippen LogP contribution is -2.66. The zero-order valence-electron chi connectivity index (χ0n) is 11.9. The number of hydrogen-bond donors (Lipinski definition) is 1. The average Bonchev–Trinajstić information content (AvgIpc) is 2.52. The third kappa shape index (κ3) is 2.42. The maximum absolute atomic E-state index is 11.5. The number of nitrogens with zero attached hydrogens (tertiary/aromatic N) is 1. The Balaban J connectivity index is 1.99. The van der Waals surface area contributed by atoms with Gasteiger partial charge in [0.15, 0.2) is 0 Å². The van der Waals surface area contributed by atoms with E-state index in [0.29, 0.717) is 5.41 Å². The molecule has 1 spiro atoms. The van der Waals surface area contributed by atoms with Crippen LogP contribution in [-0.4, -0.2) is 34.6 Å². The van der Waals surface area contributed by atoms with Gasteiger partial charge in [-0.1, -0.05) is 39.0 Å². The van der Waals surface area contributed by atoms with Gasteiger partial charge in [-0.05, 0) is 31.6 Å². The highest BCUT2D eigenvalue weighted by Crippen LogP contribution is 2.46. The lowest BCUT2D eigenvalue weighted by Gasteiger charge is -2.56. The standard InChI is InChI=1S/C15H27NO2/c1-3-8-14(2,13(17)18)16-11-15(12-16)9-6-4-5-7-10-15/h3-12H2,1-2H3,(H,17,18). The van der Waals surface area contributed by atoms with Gasteiger partial charge in [-0.15, -0.1) is 0 Å². The van der Waals surface area contributed by atoms with Crippen molar-refractivity contribution >= 4 is 5.97 Å². The van der Waals surface area contributed by atoms with Gasteiger partial charge in [0, 0.05) is 13.1 Å². The molecule has 2 rings (SSSR count). The molecule has 3 heteroatoms. The molecule has 0 amide bonds. The summed E-state index contributed by atoms with van der Waals surface area (Å²) in [5.74, 6) is -0.646. The number of likely N-dealkylation sites (tertiary alicyclic amines) is 1. The van der Waals surface area contributed by atoms with Crippen LogP contribution in [0, 0.1) is 5.41 Å². The lowest BCUT2D eigenvalue weighted by atomic mass is 9.70. The molecule has 3 nitrogen and oxygen atoms in total. The minimum absolute atomic E-state index is 0.459. The van der Waals surface area contributed by atoms with Crippen molar-refractivity contribution in [2.75, 3.05) is 13.1 Å². The first-order chi connectivity index (χ1) is 8.52. The van der Waals surface area contributed by atoms with Crippen molar-refractivity contribution < 1.29 is 9.90 Å². The van der Waals surface area contributed by atoms with Gasteiger partial charge in [0.25, 0.3) is 0 Å². The fourth-order valence-electron chi connectivity index (χ4n) is 3.79. The molecule has 1 heterocycles. The van der Waals surface area contributed by atoms with E-state index in [1.54, 1.807) is 0 Å². The lowest BCUT2D eigenvalue weighted by molar-refractivity contribution is -0.163. The normalized spacial score (nSPS) is 27.2. The Hall–Kier alpha value is -0.570. The van der Waals surface area contributed by atoms with Crippen LogP contribution in [0.25, 0.3) is 0 Å².